The van der Waals surface area contributed by atoms with E-state index in [1.54, 1.807) is 0 Å². The summed E-state index contributed by atoms with van der Waals surface area (Å²) in [5.74, 6) is 0.244. The average molecular weight is 355 g/mol. The quantitative estimate of drug-likeness (QED) is 0.664. The average Bonchev–Trinajstić information content (AvgIpc) is 2.97. The fourth-order valence-corrected chi connectivity index (χ4v) is 3.89. The molecular weight excluding hydrogens is 338 g/mol. The number of carbonyl (C=O) groups excluding carboxylic acids is 1. The van der Waals surface area contributed by atoms with Gasteiger partial charge in [0.2, 0.25) is 5.91 Å². The number of nitrogens with two attached hydrogens (primary N) is 1. The maximum Gasteiger partial charge on any atom is 0.234 e. The van der Waals surface area contributed by atoms with Gasteiger partial charge in [0.05, 0.1) is 5.75 Å². The molecule has 0 unspecified atom stereocenters. The Morgan fingerprint density at radius 2 is 1.88 bits per heavy atom. The van der Waals surface area contributed by atoms with Crippen LogP contribution >= 0.6 is 23.1 Å². The first-order chi connectivity index (χ1) is 11.6. The van der Waals surface area contributed by atoms with Crippen molar-refractivity contribution in [2.45, 2.75) is 11.3 Å². The summed E-state index contributed by atoms with van der Waals surface area (Å²) in [6.45, 7) is 2.01. The van der Waals surface area contributed by atoms with Crippen molar-refractivity contribution >= 4 is 39.7 Å². The van der Waals surface area contributed by atoms with Crippen molar-refractivity contribution < 1.29 is 4.79 Å². The van der Waals surface area contributed by atoms with Gasteiger partial charge in [0.25, 0.3) is 0 Å². The lowest BCUT2D eigenvalue weighted by atomic mass is 10.2. The van der Waals surface area contributed by atoms with Gasteiger partial charge in [-0.3, -0.25) is 4.79 Å². The van der Waals surface area contributed by atoms with Crippen molar-refractivity contribution in [3.05, 3.63) is 60.2 Å². The monoisotopic (exact) mass is 355 g/mol. The predicted octanol–water partition coefficient (Wildman–Crippen LogP) is 4.43. The number of thioether (sulfide) groups is 1. The number of thiazole rings is 1. The topological polar surface area (TPSA) is 68.0 Å². The molecule has 0 bridgehead atoms. The van der Waals surface area contributed by atoms with Crippen LogP contribution in [0.4, 0.5) is 10.7 Å². The minimum absolute atomic E-state index is 0.0566. The number of hydrogen-bond donors (Lipinski definition) is 2. The largest absolute Gasteiger partial charge is 0.389 e. The van der Waals surface area contributed by atoms with Gasteiger partial charge in [0.1, 0.15) is 10.7 Å². The van der Waals surface area contributed by atoms with Crippen molar-refractivity contribution in [1.82, 2.24) is 4.98 Å². The van der Waals surface area contributed by atoms with Gasteiger partial charge in [-0.2, -0.15) is 0 Å². The molecule has 122 valence electrons. The van der Waals surface area contributed by atoms with Crippen LogP contribution < -0.4 is 11.1 Å². The zero-order chi connectivity index (χ0) is 16.9. The summed E-state index contributed by atoms with van der Waals surface area (Å²) >= 11 is 2.81. The number of carbonyl (C=O) groups is 1. The second kappa shape index (κ2) is 7.51. The minimum atomic E-state index is -0.0566. The van der Waals surface area contributed by atoms with E-state index in [4.69, 9.17) is 5.73 Å². The predicted molar refractivity (Wildman–Crippen MR) is 102 cm³/mol. The van der Waals surface area contributed by atoms with Gasteiger partial charge >= 0.3 is 0 Å². The Kier molecular flexibility index (Phi) is 5.17. The molecule has 0 aliphatic rings. The molecule has 0 saturated carbocycles. The molecular formula is C18H17N3OS2. The molecule has 1 amide bonds. The zero-order valence-corrected chi connectivity index (χ0v) is 14.8. The molecule has 3 aromatic rings. The Bertz CT molecular complexity index is 829. The first-order valence-corrected chi connectivity index (χ1v) is 9.23. The van der Waals surface area contributed by atoms with Crippen LogP contribution in [0.25, 0.3) is 11.3 Å². The second-order valence-electron chi connectivity index (χ2n) is 5.26. The molecule has 1 aromatic heterocycles. The molecule has 0 aliphatic heterocycles. The Hall–Kier alpha value is -2.31. The summed E-state index contributed by atoms with van der Waals surface area (Å²) in [5, 5.41) is 3.55. The number of nitrogen functional groups attached to an aromatic ring is 1. The number of rotatable bonds is 5. The van der Waals surface area contributed by atoms with Crippen LogP contribution in [0.5, 0.6) is 0 Å². The van der Waals surface area contributed by atoms with Gasteiger partial charge in [0, 0.05) is 11.3 Å². The summed E-state index contributed by atoms with van der Waals surface area (Å²) in [7, 11) is 0. The van der Waals surface area contributed by atoms with Crippen LogP contribution in [0.1, 0.15) is 5.56 Å². The van der Waals surface area contributed by atoms with E-state index in [1.165, 1.54) is 23.1 Å². The van der Waals surface area contributed by atoms with Crippen molar-refractivity contribution in [2.24, 2.45) is 0 Å². The fourth-order valence-electron chi connectivity index (χ4n) is 2.14. The Morgan fingerprint density at radius 3 is 2.58 bits per heavy atom. The summed E-state index contributed by atoms with van der Waals surface area (Å²) in [4.78, 5) is 16.6. The molecule has 0 radical (unpaired) electrons. The SMILES string of the molecule is Cc1ccc(NC(=O)CSc2nc(-c3ccccc3)c(N)s2)cc1. The van der Waals surface area contributed by atoms with Gasteiger partial charge in [-0.25, -0.2) is 4.98 Å². The van der Waals surface area contributed by atoms with E-state index >= 15 is 0 Å². The molecule has 1 heterocycles. The van der Waals surface area contributed by atoms with E-state index in [0.29, 0.717) is 10.8 Å². The van der Waals surface area contributed by atoms with Crippen molar-refractivity contribution in [2.75, 3.05) is 16.8 Å². The molecule has 2 aromatic carbocycles. The van der Waals surface area contributed by atoms with Crippen molar-refractivity contribution in [3.8, 4) is 11.3 Å². The van der Waals surface area contributed by atoms with E-state index < -0.39 is 0 Å². The summed E-state index contributed by atoms with van der Waals surface area (Å²) < 4.78 is 0.797. The van der Waals surface area contributed by atoms with Crippen molar-refractivity contribution in [1.29, 1.82) is 0 Å². The molecule has 0 saturated heterocycles. The number of hydrogen-bond acceptors (Lipinski definition) is 5. The van der Waals surface area contributed by atoms with E-state index in [9.17, 15) is 4.79 Å². The van der Waals surface area contributed by atoms with E-state index in [0.717, 1.165) is 26.8 Å². The standard InChI is InChI=1S/C18H17N3OS2/c1-12-7-9-14(10-8-12)20-15(22)11-23-18-21-16(17(19)24-18)13-5-3-2-4-6-13/h2-10H,11,19H2,1H3,(H,20,22). The minimum Gasteiger partial charge on any atom is -0.389 e. The van der Waals surface area contributed by atoms with Crippen LogP contribution in [-0.2, 0) is 4.79 Å². The third-order valence-corrected chi connectivity index (χ3v) is 5.37. The van der Waals surface area contributed by atoms with Crippen LogP contribution in [0.3, 0.4) is 0 Å². The number of nitrogens with one attached hydrogen (secondary N) is 1. The third-order valence-electron chi connectivity index (χ3n) is 3.34. The Labute approximate surface area is 149 Å². The Morgan fingerprint density at radius 1 is 1.17 bits per heavy atom. The fraction of sp³-hybridized carbons (Fsp3) is 0.111. The van der Waals surface area contributed by atoms with E-state index in [1.807, 2.05) is 61.5 Å². The molecule has 3 rings (SSSR count). The summed E-state index contributed by atoms with van der Waals surface area (Å²) in [5.41, 5.74) is 9.79. The highest BCUT2D eigenvalue weighted by Crippen LogP contribution is 2.35. The number of anilines is 2. The van der Waals surface area contributed by atoms with Gasteiger partial charge < -0.3 is 11.1 Å². The molecule has 6 heteroatoms. The maximum absolute atomic E-state index is 12.0. The van der Waals surface area contributed by atoms with Crippen LogP contribution in [-0.4, -0.2) is 16.6 Å². The smallest absolute Gasteiger partial charge is 0.234 e. The molecule has 0 fully saturated rings. The first kappa shape index (κ1) is 16.5. The highest BCUT2D eigenvalue weighted by atomic mass is 32.2. The van der Waals surface area contributed by atoms with Crippen molar-refractivity contribution in [3.63, 3.8) is 0 Å². The summed E-state index contributed by atoms with van der Waals surface area (Å²) in [6, 6.07) is 17.5. The third kappa shape index (κ3) is 4.15. The highest BCUT2D eigenvalue weighted by Gasteiger charge is 2.12. The first-order valence-electron chi connectivity index (χ1n) is 7.43. The molecule has 24 heavy (non-hydrogen) atoms. The number of nitrogens with zero attached hydrogens (tertiary/aromatic N) is 1. The number of amides is 1. The number of aryl methyl sites for hydroxylation is 1. The van der Waals surface area contributed by atoms with E-state index in [-0.39, 0.29) is 5.91 Å². The van der Waals surface area contributed by atoms with Crippen LogP contribution in [0.2, 0.25) is 0 Å². The molecule has 0 spiro atoms. The van der Waals surface area contributed by atoms with Gasteiger partial charge in [-0.05, 0) is 19.1 Å². The molecule has 4 nitrogen and oxygen atoms in total. The van der Waals surface area contributed by atoms with Crippen LogP contribution in [0, 0.1) is 6.92 Å². The highest BCUT2D eigenvalue weighted by molar-refractivity contribution is 8.01. The lowest BCUT2D eigenvalue weighted by Crippen LogP contribution is -2.13. The number of aromatic nitrogens is 1. The zero-order valence-electron chi connectivity index (χ0n) is 13.2. The van der Waals surface area contributed by atoms with Gasteiger partial charge in [0.15, 0.2) is 4.34 Å². The van der Waals surface area contributed by atoms with E-state index in [2.05, 4.69) is 10.3 Å². The Balaban J connectivity index is 1.61. The normalized spacial score (nSPS) is 10.5. The molecule has 0 atom stereocenters. The molecule has 0 aliphatic carbocycles. The van der Waals surface area contributed by atoms with Gasteiger partial charge in [-0.15, -0.1) is 0 Å². The number of benzene rings is 2. The lowest BCUT2D eigenvalue weighted by Gasteiger charge is -2.04. The summed E-state index contributed by atoms with van der Waals surface area (Å²) in [6.07, 6.45) is 0. The maximum atomic E-state index is 12.0. The van der Waals surface area contributed by atoms with Crippen LogP contribution in [0.15, 0.2) is 58.9 Å². The molecule has 3 N–H and O–H groups in total. The van der Waals surface area contributed by atoms with Gasteiger partial charge in [-0.1, -0.05) is 71.1 Å². The second-order valence-corrected chi connectivity index (χ2v) is 7.51. The lowest BCUT2D eigenvalue weighted by molar-refractivity contribution is -0.113.